The molecule has 0 bridgehead atoms. The molecule has 1 atom stereocenters. The van der Waals surface area contributed by atoms with Gasteiger partial charge in [-0.1, -0.05) is 18.1 Å². The molecule has 1 heterocycles. The summed E-state index contributed by atoms with van der Waals surface area (Å²) in [6, 6.07) is 5.29. The quantitative estimate of drug-likeness (QED) is 0.545. The number of hydrogen-bond donors (Lipinski definition) is 2. The summed E-state index contributed by atoms with van der Waals surface area (Å²) in [5.74, 6) is 0.981. The van der Waals surface area contributed by atoms with Crippen LogP contribution in [0.4, 0.5) is 0 Å². The lowest BCUT2D eigenvalue weighted by Crippen LogP contribution is -2.32. The number of nitrogens with one attached hydrogen (secondary N) is 2. The number of nitrogens with zero attached hydrogens (tertiary/aromatic N) is 1. The maximum Gasteiger partial charge on any atom is 0.331 e. The van der Waals surface area contributed by atoms with Gasteiger partial charge in [-0.05, 0) is 19.1 Å². The number of benzene rings is 1. The number of ether oxygens (including phenoxy) is 1. The molecule has 0 aromatic heterocycles. The van der Waals surface area contributed by atoms with E-state index in [4.69, 9.17) is 11.2 Å². The van der Waals surface area contributed by atoms with Crippen molar-refractivity contribution in [3.05, 3.63) is 29.8 Å². The molecule has 1 unspecified atom stereocenters. The second-order valence-corrected chi connectivity index (χ2v) is 6.49. The molecule has 9 heteroatoms. The van der Waals surface area contributed by atoms with Gasteiger partial charge < -0.3 is 10.1 Å². The zero-order valence-electron chi connectivity index (χ0n) is 12.8. The van der Waals surface area contributed by atoms with Crippen molar-refractivity contribution in [3.8, 4) is 12.3 Å². The Bertz CT molecular complexity index is 839. The number of hydrogen-bond acceptors (Lipinski definition) is 6. The van der Waals surface area contributed by atoms with Gasteiger partial charge >= 0.3 is 5.97 Å². The Balaban J connectivity index is 2.05. The molecule has 1 aliphatic heterocycles. The Morgan fingerprint density at radius 3 is 2.83 bits per heavy atom. The summed E-state index contributed by atoms with van der Waals surface area (Å²) < 4.78 is 31.0. The first-order valence-electron chi connectivity index (χ1n) is 6.92. The van der Waals surface area contributed by atoms with Crippen LogP contribution in [0.15, 0.2) is 34.2 Å². The third-order valence-electron chi connectivity index (χ3n) is 3.06. The van der Waals surface area contributed by atoms with Crippen LogP contribution in [0.1, 0.15) is 12.5 Å². The molecular weight excluding hydrogens is 334 g/mol. The average Bonchev–Trinajstić information content (AvgIpc) is 2.81. The monoisotopic (exact) mass is 349 g/mol. The molecule has 1 aliphatic rings. The summed E-state index contributed by atoms with van der Waals surface area (Å²) in [6.45, 7) is 0.981. The minimum absolute atomic E-state index is 0.0345. The van der Waals surface area contributed by atoms with Gasteiger partial charge in [0.05, 0.1) is 11.4 Å². The Labute approximate surface area is 139 Å². The minimum atomic E-state index is -3.68. The van der Waals surface area contributed by atoms with Crippen LogP contribution in [0.2, 0.25) is 0 Å². The van der Waals surface area contributed by atoms with Crippen molar-refractivity contribution in [2.45, 2.75) is 17.9 Å². The first-order valence-corrected chi connectivity index (χ1v) is 8.40. The van der Waals surface area contributed by atoms with Gasteiger partial charge in [0.15, 0.2) is 6.61 Å². The molecule has 0 saturated heterocycles. The number of fused-ring (bicyclic) bond motifs is 1. The second-order valence-electron chi connectivity index (χ2n) is 4.84. The summed E-state index contributed by atoms with van der Waals surface area (Å²) in [7, 11) is -3.68. The molecular formula is C15H15N3O5S. The normalized spacial score (nSPS) is 17.2. The Morgan fingerprint density at radius 1 is 1.42 bits per heavy atom. The number of amides is 1. The number of sulfonamides is 1. The SMILES string of the molecule is C#CCNC(=O)COC(=O)C(C)N=C1NS(=O)(=O)c2ccccc21. The van der Waals surface area contributed by atoms with E-state index in [2.05, 4.69) is 21.0 Å². The number of esters is 1. The smallest absolute Gasteiger partial charge is 0.331 e. The van der Waals surface area contributed by atoms with E-state index in [1.807, 2.05) is 0 Å². The van der Waals surface area contributed by atoms with Gasteiger partial charge in [-0.3, -0.25) is 14.5 Å². The largest absolute Gasteiger partial charge is 0.454 e. The summed E-state index contributed by atoms with van der Waals surface area (Å²) in [4.78, 5) is 27.3. The maximum atomic E-state index is 12.0. The fourth-order valence-electron chi connectivity index (χ4n) is 1.93. The molecule has 1 amide bonds. The molecule has 0 fully saturated rings. The predicted molar refractivity (Wildman–Crippen MR) is 85.6 cm³/mol. The number of carbonyl (C=O) groups is 2. The van der Waals surface area contributed by atoms with E-state index >= 15 is 0 Å². The highest BCUT2D eigenvalue weighted by molar-refractivity contribution is 7.90. The molecule has 1 aromatic carbocycles. The van der Waals surface area contributed by atoms with Gasteiger partial charge in [0.2, 0.25) is 0 Å². The van der Waals surface area contributed by atoms with Gasteiger partial charge in [-0.15, -0.1) is 6.42 Å². The molecule has 24 heavy (non-hydrogen) atoms. The zero-order chi connectivity index (χ0) is 17.7. The Morgan fingerprint density at radius 2 is 2.12 bits per heavy atom. The molecule has 0 aliphatic carbocycles. The van der Waals surface area contributed by atoms with Crippen LogP contribution < -0.4 is 10.0 Å². The summed E-state index contributed by atoms with van der Waals surface area (Å²) in [6.07, 6.45) is 4.99. The predicted octanol–water partition coefficient (Wildman–Crippen LogP) is -0.594. The lowest BCUT2D eigenvalue weighted by Gasteiger charge is -2.08. The van der Waals surface area contributed by atoms with Crippen LogP contribution >= 0.6 is 0 Å². The van der Waals surface area contributed by atoms with E-state index in [-0.39, 0.29) is 17.3 Å². The number of rotatable bonds is 5. The van der Waals surface area contributed by atoms with Gasteiger partial charge in [-0.25, -0.2) is 13.2 Å². The molecule has 1 aromatic rings. The summed E-state index contributed by atoms with van der Waals surface area (Å²) in [5.41, 5.74) is 0.379. The lowest BCUT2D eigenvalue weighted by molar-refractivity contribution is -0.149. The highest BCUT2D eigenvalue weighted by atomic mass is 32.2. The van der Waals surface area contributed by atoms with E-state index in [9.17, 15) is 18.0 Å². The van der Waals surface area contributed by atoms with Gasteiger partial charge in [0, 0.05) is 5.56 Å². The highest BCUT2D eigenvalue weighted by Gasteiger charge is 2.31. The van der Waals surface area contributed by atoms with Crippen LogP contribution in [-0.4, -0.2) is 45.3 Å². The van der Waals surface area contributed by atoms with Crippen LogP contribution in [0.25, 0.3) is 0 Å². The van der Waals surface area contributed by atoms with Crippen molar-refractivity contribution >= 4 is 27.7 Å². The number of aliphatic imine (C=N–C) groups is 1. The van der Waals surface area contributed by atoms with Gasteiger partial charge in [0.1, 0.15) is 11.9 Å². The van der Waals surface area contributed by atoms with Crippen LogP contribution in [0.5, 0.6) is 0 Å². The van der Waals surface area contributed by atoms with E-state index in [0.29, 0.717) is 5.56 Å². The van der Waals surface area contributed by atoms with Crippen molar-refractivity contribution in [2.75, 3.05) is 13.2 Å². The molecule has 2 rings (SSSR count). The zero-order valence-corrected chi connectivity index (χ0v) is 13.6. The second kappa shape index (κ2) is 7.14. The molecule has 0 radical (unpaired) electrons. The van der Waals surface area contributed by atoms with Crippen molar-refractivity contribution in [1.82, 2.24) is 10.0 Å². The summed E-state index contributed by atoms with van der Waals surface area (Å²) in [5, 5.41) is 2.34. The number of amidine groups is 1. The Hall–Kier alpha value is -2.86. The molecule has 0 saturated carbocycles. The molecule has 8 nitrogen and oxygen atoms in total. The van der Waals surface area contributed by atoms with E-state index in [1.165, 1.54) is 13.0 Å². The minimum Gasteiger partial charge on any atom is -0.454 e. The van der Waals surface area contributed by atoms with E-state index < -0.39 is 34.5 Å². The van der Waals surface area contributed by atoms with Crippen molar-refractivity contribution in [2.24, 2.45) is 4.99 Å². The van der Waals surface area contributed by atoms with Gasteiger partial charge in [0.25, 0.3) is 15.9 Å². The highest BCUT2D eigenvalue weighted by Crippen LogP contribution is 2.22. The maximum absolute atomic E-state index is 12.0. The van der Waals surface area contributed by atoms with Crippen molar-refractivity contribution < 1.29 is 22.7 Å². The Kier molecular flexibility index (Phi) is 5.21. The van der Waals surface area contributed by atoms with Gasteiger partial charge in [-0.2, -0.15) is 0 Å². The van der Waals surface area contributed by atoms with E-state index in [0.717, 1.165) is 0 Å². The van der Waals surface area contributed by atoms with Crippen LogP contribution in [0, 0.1) is 12.3 Å². The third kappa shape index (κ3) is 3.91. The van der Waals surface area contributed by atoms with Crippen molar-refractivity contribution in [3.63, 3.8) is 0 Å². The van der Waals surface area contributed by atoms with E-state index in [1.54, 1.807) is 18.2 Å². The lowest BCUT2D eigenvalue weighted by atomic mass is 10.2. The topological polar surface area (TPSA) is 114 Å². The van der Waals surface area contributed by atoms with Crippen LogP contribution in [-0.2, 0) is 24.3 Å². The first-order chi connectivity index (χ1) is 11.3. The molecule has 126 valence electrons. The standard InChI is InChI=1S/C15H15N3O5S/c1-3-8-16-13(19)9-23-15(20)10(2)17-14-11-6-4-5-7-12(11)24(21,22)18-14/h1,4-7,10H,8-9H2,2H3,(H,16,19)(H,17,18). The fraction of sp³-hybridized carbons (Fsp3) is 0.267. The molecule has 0 spiro atoms. The summed E-state index contributed by atoms with van der Waals surface area (Å²) >= 11 is 0. The average molecular weight is 349 g/mol. The molecule has 2 N–H and O–H groups in total. The number of carbonyl (C=O) groups excluding carboxylic acids is 2. The van der Waals surface area contributed by atoms with Crippen LogP contribution in [0.3, 0.4) is 0 Å². The number of terminal acetylenes is 1. The van der Waals surface area contributed by atoms with Crippen molar-refractivity contribution in [1.29, 1.82) is 0 Å². The first kappa shape index (κ1) is 17.5. The fourth-order valence-corrected chi connectivity index (χ4v) is 3.17. The third-order valence-corrected chi connectivity index (χ3v) is 4.46.